The molecule has 0 spiro atoms. The van der Waals surface area contributed by atoms with Gasteiger partial charge in [-0.15, -0.1) is 0 Å². The van der Waals surface area contributed by atoms with Crippen LogP contribution in [0.1, 0.15) is 40.2 Å². The fraction of sp³-hybridized carbons (Fsp3) is 0.214. The van der Waals surface area contributed by atoms with Crippen LogP contribution in [0.25, 0.3) is 0 Å². The monoisotopic (exact) mass is 589 g/mol. The smallest absolute Gasteiger partial charge is 0.281 e. The van der Waals surface area contributed by atoms with E-state index in [4.69, 9.17) is 9.47 Å². The summed E-state index contributed by atoms with van der Waals surface area (Å²) in [7, 11) is 1.32. The Morgan fingerprint density at radius 3 is 2.32 bits per heavy atom. The molecule has 4 rings (SSSR count). The number of amides is 2. The number of halogens is 4. The normalized spacial score (nSPS) is 14.4. The number of carbonyl (C=O) groups is 3. The van der Waals surface area contributed by atoms with Crippen LogP contribution in [0.2, 0.25) is 0 Å². The van der Waals surface area contributed by atoms with Gasteiger partial charge in [0.2, 0.25) is 0 Å². The van der Waals surface area contributed by atoms with Crippen molar-refractivity contribution in [2.45, 2.75) is 18.7 Å². The van der Waals surface area contributed by atoms with E-state index >= 15 is 0 Å². The predicted molar refractivity (Wildman–Crippen MR) is 143 cm³/mol. The van der Waals surface area contributed by atoms with Crippen molar-refractivity contribution in [3.8, 4) is 11.5 Å². The Morgan fingerprint density at radius 1 is 1.00 bits per heavy atom. The molecule has 0 fully saturated rings. The minimum absolute atomic E-state index is 0.0867. The molecule has 41 heavy (non-hydrogen) atoms. The third kappa shape index (κ3) is 6.85. The number of rotatable bonds is 10. The first-order valence-electron chi connectivity index (χ1n) is 12.1. The highest BCUT2D eigenvalue weighted by Gasteiger charge is 2.39. The van der Waals surface area contributed by atoms with E-state index in [-0.39, 0.29) is 35.3 Å². The number of hydrogen-bond donors (Lipinski definition) is 1. The fourth-order valence-corrected chi connectivity index (χ4v) is 5.06. The van der Waals surface area contributed by atoms with E-state index < -0.39 is 52.6 Å². The summed E-state index contributed by atoms with van der Waals surface area (Å²) in [6.07, 6.45) is 0.166. The van der Waals surface area contributed by atoms with E-state index in [9.17, 15) is 31.9 Å². The molecule has 214 valence electrons. The average Bonchev–Trinajstić information content (AvgIpc) is 3.36. The summed E-state index contributed by atoms with van der Waals surface area (Å²) >= 11 is 1.01. The molecule has 1 aliphatic heterocycles. The van der Waals surface area contributed by atoms with Gasteiger partial charge in [0.15, 0.2) is 18.1 Å². The molecule has 3 aromatic carbocycles. The molecule has 1 aliphatic rings. The first kappa shape index (κ1) is 29.6. The van der Waals surface area contributed by atoms with Gasteiger partial charge >= 0.3 is 0 Å². The van der Waals surface area contributed by atoms with Gasteiger partial charge in [0.1, 0.15) is 45.0 Å². The van der Waals surface area contributed by atoms with Crippen molar-refractivity contribution < 1.29 is 41.4 Å². The number of benzene rings is 3. The Morgan fingerprint density at radius 2 is 1.68 bits per heavy atom. The Bertz CT molecular complexity index is 1490. The summed E-state index contributed by atoms with van der Waals surface area (Å²) in [5, 5.41) is 6.81. The van der Waals surface area contributed by atoms with Gasteiger partial charge in [0.25, 0.3) is 11.8 Å². The average molecular weight is 590 g/mol. The molecule has 2 amide bonds. The van der Waals surface area contributed by atoms with Crippen LogP contribution in [0.3, 0.4) is 0 Å². The molecule has 3 aromatic rings. The third-order valence-electron chi connectivity index (χ3n) is 5.80. The van der Waals surface area contributed by atoms with Crippen molar-refractivity contribution in [2.75, 3.05) is 20.3 Å². The number of ether oxygens (including phenoxy) is 2. The topological polar surface area (TPSA) is 97.3 Å². The van der Waals surface area contributed by atoms with Crippen molar-refractivity contribution in [3.63, 3.8) is 0 Å². The number of methoxy groups -OCH3 is 1. The standard InChI is InChI=1S/C28H23F4N3O5S/c1-15(36)10-11-33-23(37)14-40-22-5-3-4-19(25(22)39-2)28-35(27(38)24-20(31)12-18(30)13-21(24)32)34-26(41-28)16-6-8-17(29)9-7-16/h3-9,12-13,28H,10-11,14H2,1-2H3,(H,33,37). The molecular formula is C28H23F4N3O5S. The SMILES string of the molecule is COc1c(OCC(=O)NCCC(C)=O)cccc1C1SC(c2ccc(F)cc2)=NN1C(=O)c1c(F)cc(F)cc1F. The highest BCUT2D eigenvalue weighted by molar-refractivity contribution is 8.14. The maximum atomic E-state index is 14.6. The van der Waals surface area contributed by atoms with Crippen LogP contribution in [-0.2, 0) is 9.59 Å². The molecule has 0 saturated heterocycles. The van der Waals surface area contributed by atoms with Gasteiger partial charge < -0.3 is 14.8 Å². The minimum Gasteiger partial charge on any atom is -0.492 e. The van der Waals surface area contributed by atoms with Gasteiger partial charge in [-0.05, 0) is 37.3 Å². The molecule has 1 heterocycles. The van der Waals surface area contributed by atoms with Crippen LogP contribution in [0, 0.1) is 23.3 Å². The second kappa shape index (κ2) is 12.9. The van der Waals surface area contributed by atoms with Gasteiger partial charge in [0, 0.05) is 36.2 Å². The number of hydrogen-bond acceptors (Lipinski definition) is 7. The Kier molecular flexibility index (Phi) is 9.28. The van der Waals surface area contributed by atoms with Crippen molar-refractivity contribution in [1.29, 1.82) is 0 Å². The molecule has 0 aromatic heterocycles. The third-order valence-corrected chi connectivity index (χ3v) is 7.02. The zero-order valence-electron chi connectivity index (χ0n) is 21.8. The molecule has 13 heteroatoms. The molecule has 1 atom stereocenters. The molecule has 8 nitrogen and oxygen atoms in total. The van der Waals surface area contributed by atoms with Crippen LogP contribution in [0.5, 0.6) is 11.5 Å². The van der Waals surface area contributed by atoms with Crippen LogP contribution in [-0.4, -0.2) is 47.9 Å². The lowest BCUT2D eigenvalue weighted by molar-refractivity contribution is -0.123. The zero-order chi connectivity index (χ0) is 29.7. The lowest BCUT2D eigenvalue weighted by atomic mass is 10.1. The molecule has 1 N–H and O–H groups in total. The van der Waals surface area contributed by atoms with Crippen LogP contribution >= 0.6 is 11.8 Å². The van der Waals surface area contributed by atoms with Crippen molar-refractivity contribution >= 4 is 34.4 Å². The molecule has 1 unspecified atom stereocenters. The van der Waals surface area contributed by atoms with Crippen LogP contribution < -0.4 is 14.8 Å². The van der Waals surface area contributed by atoms with E-state index in [0.717, 1.165) is 16.8 Å². The van der Waals surface area contributed by atoms with E-state index in [1.54, 1.807) is 12.1 Å². The van der Waals surface area contributed by atoms with E-state index in [1.807, 2.05) is 0 Å². The van der Waals surface area contributed by atoms with Gasteiger partial charge in [-0.25, -0.2) is 22.6 Å². The number of nitrogens with one attached hydrogen (secondary N) is 1. The first-order chi connectivity index (χ1) is 19.6. The molecule has 0 bridgehead atoms. The largest absolute Gasteiger partial charge is 0.492 e. The van der Waals surface area contributed by atoms with E-state index in [1.165, 1.54) is 44.4 Å². The highest BCUT2D eigenvalue weighted by atomic mass is 32.2. The van der Waals surface area contributed by atoms with E-state index in [0.29, 0.717) is 23.3 Å². The van der Waals surface area contributed by atoms with Crippen molar-refractivity contribution in [2.24, 2.45) is 5.10 Å². The zero-order valence-corrected chi connectivity index (χ0v) is 22.6. The lowest BCUT2D eigenvalue weighted by Crippen LogP contribution is -2.30. The number of carbonyl (C=O) groups excluding carboxylic acids is 3. The summed E-state index contributed by atoms with van der Waals surface area (Å²) in [5.41, 5.74) is -0.302. The van der Waals surface area contributed by atoms with Crippen molar-refractivity contribution in [1.82, 2.24) is 10.3 Å². The number of thioether (sulfide) groups is 1. The minimum atomic E-state index is -1.42. The van der Waals surface area contributed by atoms with Gasteiger partial charge in [-0.1, -0.05) is 23.9 Å². The number of Topliss-reactive ketones (excluding diaryl/α,β-unsaturated/α-hetero) is 1. The maximum absolute atomic E-state index is 14.6. The Hall–Kier alpha value is -4.39. The summed E-state index contributed by atoms with van der Waals surface area (Å²) < 4.78 is 67.5. The fourth-order valence-electron chi connectivity index (χ4n) is 3.89. The molecule has 0 radical (unpaired) electrons. The van der Waals surface area contributed by atoms with Crippen LogP contribution in [0.4, 0.5) is 17.6 Å². The maximum Gasteiger partial charge on any atom is 0.281 e. The summed E-state index contributed by atoms with van der Waals surface area (Å²) in [6.45, 7) is 1.13. The molecule has 0 aliphatic carbocycles. The van der Waals surface area contributed by atoms with Crippen LogP contribution in [0.15, 0.2) is 59.7 Å². The summed E-state index contributed by atoms with van der Waals surface area (Å²) in [4.78, 5) is 36.7. The highest BCUT2D eigenvalue weighted by Crippen LogP contribution is 2.47. The van der Waals surface area contributed by atoms with E-state index in [2.05, 4.69) is 10.4 Å². The molecule has 0 saturated carbocycles. The number of para-hydroxylation sites is 1. The van der Waals surface area contributed by atoms with Crippen molar-refractivity contribution in [3.05, 3.63) is 94.6 Å². The second-order valence-corrected chi connectivity index (χ2v) is 9.81. The quantitative estimate of drug-likeness (QED) is 0.336. The second-order valence-electron chi connectivity index (χ2n) is 8.75. The number of hydrazone groups is 1. The predicted octanol–water partition coefficient (Wildman–Crippen LogP) is 4.98. The van der Waals surface area contributed by atoms with Gasteiger partial charge in [-0.2, -0.15) is 5.10 Å². The molecular weight excluding hydrogens is 566 g/mol. The Labute approximate surface area is 236 Å². The first-order valence-corrected chi connectivity index (χ1v) is 13.0. The summed E-state index contributed by atoms with van der Waals surface area (Å²) in [6, 6.07) is 10.6. The number of nitrogens with zero attached hydrogens (tertiary/aromatic N) is 2. The van der Waals surface area contributed by atoms with Gasteiger partial charge in [-0.3, -0.25) is 14.4 Å². The lowest BCUT2D eigenvalue weighted by Gasteiger charge is -2.24. The number of ketones is 1. The van der Waals surface area contributed by atoms with Gasteiger partial charge in [0.05, 0.1) is 7.11 Å². The Balaban J connectivity index is 1.68. The summed E-state index contributed by atoms with van der Waals surface area (Å²) in [5.74, 6) is -6.09.